The van der Waals surface area contributed by atoms with Crippen LogP contribution in [0.15, 0.2) is 40.9 Å². The van der Waals surface area contributed by atoms with Crippen molar-refractivity contribution in [3.05, 3.63) is 57.3 Å². The summed E-state index contributed by atoms with van der Waals surface area (Å²) in [6, 6.07) is 8.17. The van der Waals surface area contributed by atoms with Gasteiger partial charge in [0.15, 0.2) is 0 Å². The Labute approximate surface area is 122 Å². The number of carbonyl (C=O) groups is 1. The first-order valence-electron chi connectivity index (χ1n) is 5.22. The largest absolute Gasteiger partial charge is 0.508 e. The van der Waals surface area contributed by atoms with Crippen LogP contribution in [0.2, 0.25) is 5.02 Å². The van der Waals surface area contributed by atoms with Gasteiger partial charge in [0, 0.05) is 10.0 Å². The highest BCUT2D eigenvalue weighted by atomic mass is 79.9. The van der Waals surface area contributed by atoms with E-state index < -0.39 is 11.7 Å². The second-order valence-electron chi connectivity index (χ2n) is 3.75. The number of aromatic hydroxyl groups is 1. The predicted molar refractivity (Wildman–Crippen MR) is 75.2 cm³/mol. The van der Waals surface area contributed by atoms with Gasteiger partial charge in [-0.2, -0.15) is 0 Å². The zero-order valence-electron chi connectivity index (χ0n) is 9.45. The lowest BCUT2D eigenvalue weighted by molar-refractivity contribution is 0.102. The molecule has 6 heteroatoms. The number of hydrogen-bond acceptors (Lipinski definition) is 2. The molecule has 0 fully saturated rings. The van der Waals surface area contributed by atoms with Gasteiger partial charge in [0.1, 0.15) is 11.6 Å². The average molecular weight is 345 g/mol. The number of halogens is 3. The van der Waals surface area contributed by atoms with Crippen LogP contribution in [0, 0.1) is 5.82 Å². The van der Waals surface area contributed by atoms with Crippen molar-refractivity contribution in [1.29, 1.82) is 0 Å². The highest BCUT2D eigenvalue weighted by molar-refractivity contribution is 9.10. The molecule has 3 nitrogen and oxygen atoms in total. The average Bonchev–Trinajstić information content (AvgIpc) is 2.33. The quantitative estimate of drug-likeness (QED) is 0.858. The summed E-state index contributed by atoms with van der Waals surface area (Å²) in [5, 5.41) is 11.9. The lowest BCUT2D eigenvalue weighted by Gasteiger charge is -2.10. The molecule has 1 amide bonds. The minimum absolute atomic E-state index is 0.0167. The van der Waals surface area contributed by atoms with Crippen molar-refractivity contribution in [2.75, 3.05) is 5.32 Å². The first-order chi connectivity index (χ1) is 8.97. The highest BCUT2D eigenvalue weighted by Gasteiger charge is 2.13. The molecule has 2 N–H and O–H groups in total. The third-order valence-corrected chi connectivity index (χ3v) is 3.28. The van der Waals surface area contributed by atoms with Gasteiger partial charge in [0.2, 0.25) is 0 Å². The number of amides is 1. The third kappa shape index (κ3) is 3.24. The van der Waals surface area contributed by atoms with Gasteiger partial charge in [-0.25, -0.2) is 4.39 Å². The van der Waals surface area contributed by atoms with Crippen LogP contribution in [0.1, 0.15) is 10.4 Å². The number of hydrogen-bond donors (Lipinski definition) is 2. The van der Waals surface area contributed by atoms with Crippen LogP contribution in [0.5, 0.6) is 5.75 Å². The predicted octanol–water partition coefficient (Wildman–Crippen LogP) is 4.20. The fraction of sp³-hybridized carbons (Fsp3) is 0. The Bertz CT molecular complexity index is 625. The Kier molecular flexibility index (Phi) is 4.07. The van der Waals surface area contributed by atoms with Crippen molar-refractivity contribution in [3.8, 4) is 5.75 Å². The molecule has 2 aromatic rings. The van der Waals surface area contributed by atoms with Gasteiger partial charge in [-0.3, -0.25) is 4.79 Å². The summed E-state index contributed by atoms with van der Waals surface area (Å²) in [6.07, 6.45) is 0. The van der Waals surface area contributed by atoms with Crippen LogP contribution in [0.25, 0.3) is 0 Å². The zero-order chi connectivity index (χ0) is 14.0. The number of anilines is 1. The lowest BCUT2D eigenvalue weighted by Crippen LogP contribution is -2.12. The normalized spacial score (nSPS) is 10.3. The SMILES string of the molecule is O=C(Nc1c(Cl)cc(F)cc1Br)c1cccc(O)c1. The lowest BCUT2D eigenvalue weighted by atomic mass is 10.2. The maximum absolute atomic E-state index is 13.1. The van der Waals surface area contributed by atoms with Gasteiger partial charge in [-0.1, -0.05) is 17.7 Å². The smallest absolute Gasteiger partial charge is 0.255 e. The van der Waals surface area contributed by atoms with E-state index in [4.69, 9.17) is 11.6 Å². The summed E-state index contributed by atoms with van der Waals surface area (Å²) >= 11 is 8.99. The Balaban J connectivity index is 2.29. The van der Waals surface area contributed by atoms with Crippen LogP contribution in [0.4, 0.5) is 10.1 Å². The molecule has 0 aromatic heterocycles. The fourth-order valence-corrected chi connectivity index (χ4v) is 2.39. The highest BCUT2D eigenvalue weighted by Crippen LogP contribution is 2.32. The molecule has 0 spiro atoms. The summed E-state index contributed by atoms with van der Waals surface area (Å²) in [4.78, 5) is 12.0. The van der Waals surface area contributed by atoms with E-state index in [1.54, 1.807) is 12.1 Å². The standard InChI is InChI=1S/C13H8BrClFNO2/c14-10-5-8(16)6-11(15)12(10)17-13(19)7-2-1-3-9(18)4-7/h1-6,18H,(H,17,19). The van der Waals surface area contributed by atoms with Gasteiger partial charge in [-0.05, 0) is 46.3 Å². The van der Waals surface area contributed by atoms with Crippen molar-refractivity contribution in [1.82, 2.24) is 0 Å². The topological polar surface area (TPSA) is 49.3 Å². The summed E-state index contributed by atoms with van der Waals surface area (Å²) in [7, 11) is 0. The maximum Gasteiger partial charge on any atom is 0.255 e. The molecule has 0 unspecified atom stereocenters. The van der Waals surface area contributed by atoms with E-state index in [9.17, 15) is 14.3 Å². The molecule has 0 heterocycles. The monoisotopic (exact) mass is 343 g/mol. The van der Waals surface area contributed by atoms with Crippen LogP contribution < -0.4 is 5.32 Å². The van der Waals surface area contributed by atoms with Crippen LogP contribution >= 0.6 is 27.5 Å². The summed E-state index contributed by atoms with van der Waals surface area (Å²) in [5.41, 5.74) is 0.545. The van der Waals surface area contributed by atoms with Crippen LogP contribution in [-0.2, 0) is 0 Å². The van der Waals surface area contributed by atoms with Crippen molar-refractivity contribution in [2.45, 2.75) is 0 Å². The van der Waals surface area contributed by atoms with E-state index in [0.717, 1.165) is 6.07 Å². The molecule has 19 heavy (non-hydrogen) atoms. The van der Waals surface area contributed by atoms with Gasteiger partial charge in [0.05, 0.1) is 10.7 Å². The maximum atomic E-state index is 13.1. The van der Waals surface area contributed by atoms with Gasteiger partial charge >= 0.3 is 0 Å². The molecule has 0 saturated heterocycles. The zero-order valence-corrected chi connectivity index (χ0v) is 11.8. The van der Waals surface area contributed by atoms with E-state index in [-0.39, 0.29) is 22.0 Å². The second-order valence-corrected chi connectivity index (χ2v) is 5.01. The first kappa shape index (κ1) is 13.8. The number of benzene rings is 2. The van der Waals surface area contributed by atoms with Crippen molar-refractivity contribution >= 4 is 39.1 Å². The van der Waals surface area contributed by atoms with E-state index in [2.05, 4.69) is 21.2 Å². The Hall–Kier alpha value is -1.59. The minimum Gasteiger partial charge on any atom is -0.508 e. The van der Waals surface area contributed by atoms with E-state index in [0.29, 0.717) is 4.47 Å². The molecular formula is C13H8BrClFNO2. The van der Waals surface area contributed by atoms with E-state index in [1.807, 2.05) is 0 Å². The molecule has 0 aliphatic heterocycles. The molecule has 0 aliphatic rings. The number of phenols is 1. The molecule has 98 valence electrons. The second kappa shape index (κ2) is 5.59. The van der Waals surface area contributed by atoms with Crippen molar-refractivity contribution < 1.29 is 14.3 Å². The van der Waals surface area contributed by atoms with E-state index in [1.165, 1.54) is 18.2 Å². The number of carbonyl (C=O) groups excluding carboxylic acids is 1. The summed E-state index contributed by atoms with van der Waals surface area (Å²) in [6.45, 7) is 0. The molecule has 0 aliphatic carbocycles. The Morgan fingerprint density at radius 2 is 2.05 bits per heavy atom. The van der Waals surface area contributed by atoms with Gasteiger partial charge in [-0.15, -0.1) is 0 Å². The van der Waals surface area contributed by atoms with Crippen molar-refractivity contribution in [3.63, 3.8) is 0 Å². The minimum atomic E-state index is -0.507. The molecule has 0 radical (unpaired) electrons. The molecule has 0 saturated carbocycles. The summed E-state index contributed by atoms with van der Waals surface area (Å²) < 4.78 is 13.4. The first-order valence-corrected chi connectivity index (χ1v) is 6.39. The molecule has 2 aromatic carbocycles. The number of rotatable bonds is 2. The molecular weight excluding hydrogens is 337 g/mol. The van der Waals surface area contributed by atoms with Crippen LogP contribution in [-0.4, -0.2) is 11.0 Å². The Morgan fingerprint density at radius 3 is 2.68 bits per heavy atom. The van der Waals surface area contributed by atoms with E-state index >= 15 is 0 Å². The Morgan fingerprint density at radius 1 is 1.32 bits per heavy atom. The number of nitrogens with one attached hydrogen (secondary N) is 1. The van der Waals surface area contributed by atoms with Crippen LogP contribution in [0.3, 0.4) is 0 Å². The third-order valence-electron chi connectivity index (χ3n) is 2.35. The summed E-state index contributed by atoms with van der Waals surface area (Å²) in [5.74, 6) is -0.978. The molecule has 0 bridgehead atoms. The fourth-order valence-electron chi connectivity index (χ4n) is 1.49. The van der Waals surface area contributed by atoms with Gasteiger partial charge < -0.3 is 10.4 Å². The molecule has 0 atom stereocenters. The van der Waals surface area contributed by atoms with Gasteiger partial charge in [0.25, 0.3) is 5.91 Å². The number of phenolic OH excluding ortho intramolecular Hbond substituents is 1. The molecule has 2 rings (SSSR count). The van der Waals surface area contributed by atoms with Crippen molar-refractivity contribution in [2.24, 2.45) is 0 Å².